The first-order valence-corrected chi connectivity index (χ1v) is 12.7. The van der Waals surface area contributed by atoms with E-state index in [1.54, 1.807) is 11.3 Å². The van der Waals surface area contributed by atoms with Crippen LogP contribution >= 0.6 is 11.3 Å². The number of pyridine rings is 1. The van der Waals surface area contributed by atoms with Crippen LogP contribution in [0.2, 0.25) is 0 Å². The van der Waals surface area contributed by atoms with Crippen molar-refractivity contribution >= 4 is 34.1 Å². The van der Waals surface area contributed by atoms with Crippen molar-refractivity contribution in [2.75, 3.05) is 31.6 Å². The Morgan fingerprint density at radius 2 is 1.91 bits per heavy atom. The number of rotatable bonds is 7. The second-order valence-electron chi connectivity index (χ2n) is 8.96. The summed E-state index contributed by atoms with van der Waals surface area (Å²) in [7, 11) is 0. The highest BCUT2D eigenvalue weighted by molar-refractivity contribution is 7.15. The fourth-order valence-electron chi connectivity index (χ4n) is 4.95. The molecule has 3 N–H and O–H groups in total. The van der Waals surface area contributed by atoms with Crippen LogP contribution in [0.3, 0.4) is 0 Å². The van der Waals surface area contributed by atoms with Crippen LogP contribution in [-0.2, 0) is 9.59 Å². The quantitative estimate of drug-likeness (QED) is 0.572. The lowest BCUT2D eigenvalue weighted by Gasteiger charge is -2.37. The molecule has 1 aliphatic carbocycles. The van der Waals surface area contributed by atoms with Gasteiger partial charge >= 0.3 is 0 Å². The lowest BCUT2D eigenvalue weighted by Crippen LogP contribution is -2.47. The fraction of sp³-hybridized carbons (Fsp3) is 0.583. The number of aryl methyl sites for hydroxylation is 1. The molecule has 33 heavy (non-hydrogen) atoms. The highest BCUT2D eigenvalue weighted by atomic mass is 32.1. The molecule has 0 bridgehead atoms. The number of nitrogens with zero attached hydrogens (tertiary/aromatic N) is 3. The van der Waals surface area contributed by atoms with E-state index in [1.165, 1.54) is 0 Å². The topological polar surface area (TPSA) is 107 Å². The van der Waals surface area contributed by atoms with Gasteiger partial charge in [0, 0.05) is 54.2 Å². The molecule has 1 saturated carbocycles. The van der Waals surface area contributed by atoms with Crippen molar-refractivity contribution in [1.82, 2.24) is 20.2 Å². The molecule has 0 spiro atoms. The van der Waals surface area contributed by atoms with E-state index in [1.807, 2.05) is 30.2 Å². The van der Waals surface area contributed by atoms with Gasteiger partial charge in [-0.2, -0.15) is 0 Å². The number of hydrogen-bond acceptors (Lipinski definition) is 7. The fourth-order valence-corrected chi connectivity index (χ4v) is 5.62. The Balaban J connectivity index is 1.35. The normalized spacial score (nSPS) is 21.6. The summed E-state index contributed by atoms with van der Waals surface area (Å²) >= 11 is 1.60. The summed E-state index contributed by atoms with van der Waals surface area (Å²) in [6, 6.07) is 6.02. The number of carbonyl (C=O) groups excluding carboxylic acids is 2. The first-order chi connectivity index (χ1) is 16.0. The smallest absolute Gasteiger partial charge is 0.226 e. The first kappa shape index (κ1) is 23.6. The highest BCUT2D eigenvalue weighted by Gasteiger charge is 2.38. The van der Waals surface area contributed by atoms with Crippen molar-refractivity contribution < 1.29 is 14.7 Å². The van der Waals surface area contributed by atoms with Gasteiger partial charge in [0.2, 0.25) is 11.8 Å². The maximum Gasteiger partial charge on any atom is 0.226 e. The molecule has 2 atom stereocenters. The number of nitrogens with one attached hydrogen (secondary N) is 2. The minimum Gasteiger partial charge on any atom is -0.395 e. The summed E-state index contributed by atoms with van der Waals surface area (Å²) < 4.78 is 0. The zero-order valence-corrected chi connectivity index (χ0v) is 19.9. The minimum atomic E-state index is -0.283. The Kier molecular flexibility index (Phi) is 7.93. The van der Waals surface area contributed by atoms with Crippen molar-refractivity contribution in [1.29, 1.82) is 0 Å². The van der Waals surface area contributed by atoms with Gasteiger partial charge < -0.3 is 20.6 Å². The summed E-state index contributed by atoms with van der Waals surface area (Å²) in [5.74, 6) is 0.583. The van der Waals surface area contributed by atoms with E-state index in [9.17, 15) is 9.59 Å². The largest absolute Gasteiger partial charge is 0.395 e. The number of likely N-dealkylation sites (tertiary alicyclic amines) is 1. The van der Waals surface area contributed by atoms with Crippen LogP contribution in [-0.4, -0.2) is 58.0 Å². The number of amides is 2. The molecule has 1 aliphatic heterocycles. The first-order valence-electron chi connectivity index (χ1n) is 11.9. The second-order valence-corrected chi connectivity index (χ2v) is 10.2. The molecule has 2 fully saturated rings. The SMILES string of the molecule is Cc1cnc(Nc2cccc(C3CCN(C(=O)[C@H]4CCCC[C@H]4C(=O)NCCO)CC3)n2)s1. The molecule has 9 heteroatoms. The molecule has 0 radical (unpaired) electrons. The van der Waals surface area contributed by atoms with Gasteiger partial charge in [-0.3, -0.25) is 9.59 Å². The Morgan fingerprint density at radius 1 is 1.15 bits per heavy atom. The Bertz CT molecular complexity index is 957. The lowest BCUT2D eigenvalue weighted by atomic mass is 9.77. The van der Waals surface area contributed by atoms with Gasteiger partial charge in [-0.1, -0.05) is 18.9 Å². The van der Waals surface area contributed by atoms with Crippen molar-refractivity contribution in [2.45, 2.75) is 51.4 Å². The minimum absolute atomic E-state index is 0.0845. The van der Waals surface area contributed by atoms with Crippen LogP contribution in [0.4, 0.5) is 10.9 Å². The number of anilines is 2. The van der Waals surface area contributed by atoms with Crippen molar-refractivity contribution in [3.63, 3.8) is 0 Å². The van der Waals surface area contributed by atoms with Gasteiger partial charge in [-0.05, 0) is 44.7 Å². The zero-order chi connectivity index (χ0) is 23.2. The standard InChI is InChI=1S/C24H33N5O3S/c1-16-15-26-24(33-16)28-21-8-4-7-20(27-21)17-9-12-29(13-10-17)23(32)19-6-3-2-5-18(19)22(31)25-11-14-30/h4,7-8,15,17-19,30H,2-3,5-6,9-14H2,1H3,(H,25,31)(H,26,27,28)/t18-,19+/m1/s1. The van der Waals surface area contributed by atoms with Crippen LogP contribution in [0.25, 0.3) is 0 Å². The summed E-state index contributed by atoms with van der Waals surface area (Å²) in [6.07, 6.45) is 7.04. The van der Waals surface area contributed by atoms with Gasteiger partial charge in [0.25, 0.3) is 0 Å². The van der Waals surface area contributed by atoms with E-state index in [2.05, 4.69) is 21.7 Å². The molecule has 3 heterocycles. The third kappa shape index (κ3) is 5.89. The highest BCUT2D eigenvalue weighted by Crippen LogP contribution is 2.34. The lowest BCUT2D eigenvalue weighted by molar-refractivity contribution is -0.144. The molecule has 178 valence electrons. The Hall–Kier alpha value is -2.52. The Morgan fingerprint density at radius 3 is 2.61 bits per heavy atom. The van der Waals surface area contributed by atoms with Gasteiger partial charge in [-0.25, -0.2) is 9.97 Å². The van der Waals surface area contributed by atoms with E-state index in [0.29, 0.717) is 19.0 Å². The van der Waals surface area contributed by atoms with Gasteiger partial charge in [0.15, 0.2) is 5.13 Å². The molecule has 1 saturated heterocycles. The number of aromatic nitrogens is 2. The number of aliphatic hydroxyl groups is 1. The maximum atomic E-state index is 13.3. The Labute approximate surface area is 198 Å². The molecule has 8 nitrogen and oxygen atoms in total. The average molecular weight is 472 g/mol. The van der Waals surface area contributed by atoms with E-state index in [0.717, 1.165) is 60.0 Å². The van der Waals surface area contributed by atoms with Crippen molar-refractivity contribution in [3.05, 3.63) is 35.0 Å². The summed E-state index contributed by atoms with van der Waals surface area (Å²) in [6.45, 7) is 3.56. The van der Waals surface area contributed by atoms with Crippen LogP contribution in [0.5, 0.6) is 0 Å². The predicted octanol–water partition coefficient (Wildman–Crippen LogP) is 3.21. The number of hydrogen-bond donors (Lipinski definition) is 3. The summed E-state index contributed by atoms with van der Waals surface area (Å²) in [5.41, 5.74) is 1.04. The number of carbonyl (C=O) groups is 2. The molecular weight excluding hydrogens is 438 g/mol. The van der Waals surface area contributed by atoms with Gasteiger partial charge in [0.05, 0.1) is 6.61 Å². The van der Waals surface area contributed by atoms with Crippen molar-refractivity contribution in [2.24, 2.45) is 11.8 Å². The van der Waals surface area contributed by atoms with E-state index in [4.69, 9.17) is 10.1 Å². The summed E-state index contributed by atoms with van der Waals surface area (Å²) in [5, 5.41) is 15.9. The number of aliphatic hydroxyl groups excluding tert-OH is 1. The predicted molar refractivity (Wildman–Crippen MR) is 128 cm³/mol. The van der Waals surface area contributed by atoms with E-state index < -0.39 is 0 Å². The van der Waals surface area contributed by atoms with Crippen LogP contribution in [0.1, 0.15) is 55.0 Å². The molecule has 2 amide bonds. The molecule has 2 aromatic rings. The molecule has 0 unspecified atom stereocenters. The van der Waals surface area contributed by atoms with Gasteiger partial charge in [0.1, 0.15) is 5.82 Å². The monoisotopic (exact) mass is 471 g/mol. The zero-order valence-electron chi connectivity index (χ0n) is 19.1. The molecule has 0 aromatic carbocycles. The molecular formula is C24H33N5O3S. The number of thiazole rings is 1. The van der Waals surface area contributed by atoms with Crippen LogP contribution in [0, 0.1) is 18.8 Å². The second kappa shape index (κ2) is 11.1. The van der Waals surface area contributed by atoms with Gasteiger partial charge in [-0.15, -0.1) is 11.3 Å². The maximum absolute atomic E-state index is 13.3. The van der Waals surface area contributed by atoms with Crippen molar-refractivity contribution in [3.8, 4) is 0 Å². The number of piperidine rings is 1. The third-order valence-electron chi connectivity index (χ3n) is 6.68. The average Bonchev–Trinajstić information content (AvgIpc) is 3.26. The molecule has 4 rings (SSSR count). The molecule has 2 aromatic heterocycles. The van der Waals surface area contributed by atoms with Crippen LogP contribution < -0.4 is 10.6 Å². The third-order valence-corrected chi connectivity index (χ3v) is 7.51. The molecule has 2 aliphatic rings. The van der Waals surface area contributed by atoms with Crippen LogP contribution in [0.15, 0.2) is 24.4 Å². The summed E-state index contributed by atoms with van der Waals surface area (Å²) in [4.78, 5) is 38.1. The van der Waals surface area contributed by atoms with E-state index >= 15 is 0 Å². The van der Waals surface area contributed by atoms with E-state index in [-0.39, 0.29) is 36.8 Å².